The maximum atomic E-state index is 12.7. The lowest BCUT2D eigenvalue weighted by Gasteiger charge is -2.32. The molecule has 1 aliphatic heterocycles. The average molecular weight is 393 g/mol. The number of carbonyl (C=O) groups is 1. The number of rotatable bonds is 6. The molecule has 150 valence electrons. The van der Waals surface area contributed by atoms with Crippen LogP contribution in [0, 0.1) is 5.92 Å². The van der Waals surface area contributed by atoms with Crippen molar-refractivity contribution in [1.82, 2.24) is 30.3 Å². The summed E-state index contributed by atoms with van der Waals surface area (Å²) in [7, 11) is 1.64. The van der Waals surface area contributed by atoms with E-state index in [1.54, 1.807) is 18.1 Å². The Morgan fingerprint density at radius 3 is 2.66 bits per heavy atom. The normalized spacial score (nSPS) is 16.4. The van der Waals surface area contributed by atoms with Crippen molar-refractivity contribution in [3.63, 3.8) is 0 Å². The Balaban J connectivity index is 1.34. The van der Waals surface area contributed by atoms with Crippen LogP contribution in [0.25, 0.3) is 5.82 Å². The van der Waals surface area contributed by atoms with Crippen LogP contribution in [-0.4, -0.2) is 51.1 Å². The van der Waals surface area contributed by atoms with Gasteiger partial charge in [0.1, 0.15) is 18.4 Å². The molecule has 0 radical (unpaired) electrons. The van der Waals surface area contributed by atoms with Gasteiger partial charge in [0.05, 0.1) is 13.0 Å². The van der Waals surface area contributed by atoms with Crippen LogP contribution in [0.5, 0.6) is 5.75 Å². The highest BCUT2D eigenvalue weighted by molar-refractivity contribution is 5.79. The van der Waals surface area contributed by atoms with Gasteiger partial charge in [0.25, 0.3) is 0 Å². The monoisotopic (exact) mass is 393 g/mol. The topological polar surface area (TPSA) is 98.1 Å². The minimum atomic E-state index is -0.0706. The van der Waals surface area contributed by atoms with E-state index in [9.17, 15) is 4.79 Å². The zero-order valence-electron chi connectivity index (χ0n) is 16.2. The van der Waals surface area contributed by atoms with Gasteiger partial charge in [-0.3, -0.25) is 4.79 Å². The summed E-state index contributed by atoms with van der Waals surface area (Å²) in [5.74, 6) is 2.18. The number of aromatic nitrogens is 5. The van der Waals surface area contributed by atoms with Crippen LogP contribution in [0.3, 0.4) is 0 Å². The van der Waals surface area contributed by atoms with Crippen molar-refractivity contribution in [2.45, 2.75) is 19.4 Å². The second kappa shape index (κ2) is 8.68. The highest BCUT2D eigenvalue weighted by Gasteiger charge is 2.26. The van der Waals surface area contributed by atoms with Gasteiger partial charge in [-0.15, -0.1) is 10.2 Å². The molecule has 1 aliphatic rings. The maximum Gasteiger partial charge on any atom is 0.225 e. The van der Waals surface area contributed by atoms with Crippen LogP contribution in [0.15, 0.2) is 49.1 Å². The Kier molecular flexibility index (Phi) is 5.64. The number of ether oxygens (including phenoxy) is 1. The summed E-state index contributed by atoms with van der Waals surface area (Å²) in [6.45, 7) is 2.00. The SMILES string of the molecule is COc1ccc(CNC(=O)C2CCCN(c3ccc(-n4cncn4)nn3)C2)cc1. The molecule has 1 amide bonds. The van der Waals surface area contributed by atoms with E-state index in [1.165, 1.54) is 6.33 Å². The predicted molar refractivity (Wildman–Crippen MR) is 107 cm³/mol. The van der Waals surface area contributed by atoms with E-state index >= 15 is 0 Å². The molecule has 0 aliphatic carbocycles. The van der Waals surface area contributed by atoms with E-state index in [1.807, 2.05) is 36.4 Å². The number of piperidine rings is 1. The highest BCUT2D eigenvalue weighted by Crippen LogP contribution is 2.22. The fourth-order valence-corrected chi connectivity index (χ4v) is 3.41. The first kappa shape index (κ1) is 18.9. The number of amides is 1. The molecular formula is C20H23N7O2. The number of methoxy groups -OCH3 is 1. The molecule has 3 aromatic rings. The van der Waals surface area contributed by atoms with Gasteiger partial charge in [-0.05, 0) is 42.7 Å². The van der Waals surface area contributed by atoms with Gasteiger partial charge >= 0.3 is 0 Å². The average Bonchev–Trinajstić information content (AvgIpc) is 3.33. The number of nitrogens with zero attached hydrogens (tertiary/aromatic N) is 6. The van der Waals surface area contributed by atoms with Crippen molar-refractivity contribution in [2.24, 2.45) is 5.92 Å². The molecule has 9 heteroatoms. The van der Waals surface area contributed by atoms with Crippen molar-refractivity contribution in [3.8, 4) is 11.6 Å². The van der Waals surface area contributed by atoms with Gasteiger partial charge in [0.15, 0.2) is 11.6 Å². The lowest BCUT2D eigenvalue weighted by Crippen LogP contribution is -2.43. The molecule has 0 bridgehead atoms. The Labute approximate surface area is 168 Å². The van der Waals surface area contributed by atoms with E-state index in [0.717, 1.165) is 36.5 Å². The maximum absolute atomic E-state index is 12.7. The third-order valence-electron chi connectivity index (χ3n) is 5.03. The Morgan fingerprint density at radius 2 is 1.97 bits per heavy atom. The third kappa shape index (κ3) is 4.50. The van der Waals surface area contributed by atoms with Crippen molar-refractivity contribution < 1.29 is 9.53 Å². The van der Waals surface area contributed by atoms with Gasteiger partial charge in [-0.25, -0.2) is 9.67 Å². The summed E-state index contributed by atoms with van der Waals surface area (Å²) >= 11 is 0. The van der Waals surface area contributed by atoms with Crippen LogP contribution < -0.4 is 15.0 Å². The summed E-state index contributed by atoms with van der Waals surface area (Å²) in [4.78, 5) is 18.7. The summed E-state index contributed by atoms with van der Waals surface area (Å²) < 4.78 is 6.72. The molecule has 3 heterocycles. The van der Waals surface area contributed by atoms with E-state index in [4.69, 9.17) is 4.74 Å². The molecule has 1 atom stereocenters. The molecule has 2 aromatic heterocycles. The first-order chi connectivity index (χ1) is 14.2. The molecule has 9 nitrogen and oxygen atoms in total. The molecule has 1 aromatic carbocycles. The quantitative estimate of drug-likeness (QED) is 0.679. The fraction of sp³-hybridized carbons (Fsp3) is 0.350. The number of nitrogens with one attached hydrogen (secondary N) is 1. The molecule has 29 heavy (non-hydrogen) atoms. The summed E-state index contributed by atoms with van der Waals surface area (Å²) in [6.07, 6.45) is 4.84. The van der Waals surface area contributed by atoms with Crippen LogP contribution in [0.1, 0.15) is 18.4 Å². The Morgan fingerprint density at radius 1 is 1.17 bits per heavy atom. The third-order valence-corrected chi connectivity index (χ3v) is 5.03. The van der Waals surface area contributed by atoms with Crippen molar-refractivity contribution in [2.75, 3.05) is 25.1 Å². The van der Waals surface area contributed by atoms with Crippen LogP contribution in [-0.2, 0) is 11.3 Å². The Hall–Kier alpha value is -3.49. The molecule has 0 saturated carbocycles. The van der Waals surface area contributed by atoms with Gasteiger partial charge in [-0.2, -0.15) is 5.10 Å². The van der Waals surface area contributed by atoms with Gasteiger partial charge in [-0.1, -0.05) is 12.1 Å². The van der Waals surface area contributed by atoms with Crippen LogP contribution in [0.2, 0.25) is 0 Å². The molecular weight excluding hydrogens is 370 g/mol. The van der Waals surface area contributed by atoms with E-state index in [0.29, 0.717) is 18.9 Å². The van der Waals surface area contributed by atoms with Crippen LogP contribution >= 0.6 is 0 Å². The number of hydrogen-bond donors (Lipinski definition) is 1. The van der Waals surface area contributed by atoms with Crippen LogP contribution in [0.4, 0.5) is 5.82 Å². The molecule has 1 fully saturated rings. The van der Waals surface area contributed by atoms with E-state index in [2.05, 4.69) is 30.5 Å². The van der Waals surface area contributed by atoms with Crippen molar-refractivity contribution >= 4 is 11.7 Å². The fourth-order valence-electron chi connectivity index (χ4n) is 3.41. The molecule has 1 unspecified atom stereocenters. The number of carbonyl (C=O) groups excluding carboxylic acids is 1. The highest BCUT2D eigenvalue weighted by atomic mass is 16.5. The molecule has 4 rings (SSSR count). The summed E-state index contributed by atoms with van der Waals surface area (Å²) in [5.41, 5.74) is 1.04. The number of anilines is 1. The lowest BCUT2D eigenvalue weighted by molar-refractivity contribution is -0.125. The zero-order valence-corrected chi connectivity index (χ0v) is 16.2. The van der Waals surface area contributed by atoms with Gasteiger partial charge < -0.3 is 15.0 Å². The zero-order chi connectivity index (χ0) is 20.1. The molecule has 0 spiro atoms. The smallest absolute Gasteiger partial charge is 0.225 e. The first-order valence-corrected chi connectivity index (χ1v) is 9.57. The summed E-state index contributed by atoms with van der Waals surface area (Å²) in [6, 6.07) is 11.5. The van der Waals surface area contributed by atoms with Crippen molar-refractivity contribution in [1.29, 1.82) is 0 Å². The second-order valence-corrected chi connectivity index (χ2v) is 6.94. The first-order valence-electron chi connectivity index (χ1n) is 9.57. The van der Waals surface area contributed by atoms with Crippen molar-refractivity contribution in [3.05, 3.63) is 54.6 Å². The summed E-state index contributed by atoms with van der Waals surface area (Å²) in [5, 5.41) is 15.6. The van der Waals surface area contributed by atoms with Gasteiger partial charge in [0, 0.05) is 19.6 Å². The lowest BCUT2D eigenvalue weighted by atomic mass is 9.97. The Bertz CT molecular complexity index is 926. The largest absolute Gasteiger partial charge is 0.497 e. The minimum Gasteiger partial charge on any atom is -0.497 e. The second-order valence-electron chi connectivity index (χ2n) is 6.94. The molecule has 1 N–H and O–H groups in total. The number of benzene rings is 1. The molecule has 1 saturated heterocycles. The van der Waals surface area contributed by atoms with Gasteiger partial charge in [0.2, 0.25) is 5.91 Å². The number of hydrogen-bond acceptors (Lipinski definition) is 7. The standard InChI is InChI=1S/C20H23N7O2/c1-29-17-6-4-15(5-7-17)11-22-20(28)16-3-2-10-26(12-16)18-8-9-19(25-24-18)27-14-21-13-23-27/h4-9,13-14,16H,2-3,10-12H2,1H3,(H,22,28). The van der Waals surface area contributed by atoms with E-state index in [-0.39, 0.29) is 11.8 Å². The van der Waals surface area contributed by atoms with E-state index < -0.39 is 0 Å². The minimum absolute atomic E-state index is 0.0673. The predicted octanol–water partition coefficient (Wildman–Crippen LogP) is 1.60.